The zero-order chi connectivity index (χ0) is 22.5. The van der Waals surface area contributed by atoms with Crippen molar-refractivity contribution in [2.24, 2.45) is 0 Å². The van der Waals surface area contributed by atoms with Gasteiger partial charge in [0.1, 0.15) is 25.0 Å². The van der Waals surface area contributed by atoms with E-state index in [0.717, 1.165) is 10.5 Å². The molecule has 1 aliphatic rings. The van der Waals surface area contributed by atoms with E-state index >= 15 is 0 Å². The second-order valence-electron chi connectivity index (χ2n) is 7.18. The van der Waals surface area contributed by atoms with Crippen LogP contribution >= 0.6 is 11.6 Å². The molecule has 0 radical (unpaired) electrons. The molecule has 2 amide bonds. The van der Waals surface area contributed by atoms with Crippen LogP contribution in [-0.4, -0.2) is 41.9 Å². The van der Waals surface area contributed by atoms with E-state index in [1.165, 1.54) is 0 Å². The van der Waals surface area contributed by atoms with Gasteiger partial charge in [0, 0.05) is 6.42 Å². The van der Waals surface area contributed by atoms with Crippen molar-refractivity contribution in [2.75, 3.05) is 13.2 Å². The van der Waals surface area contributed by atoms with E-state index in [4.69, 9.17) is 21.1 Å². The number of para-hydroxylation sites is 1. The first kappa shape index (κ1) is 21.6. The van der Waals surface area contributed by atoms with Crippen LogP contribution in [0.3, 0.4) is 0 Å². The number of halogens is 1. The number of ether oxygens (including phenoxy) is 2. The van der Waals surface area contributed by atoms with E-state index in [1.807, 2.05) is 30.3 Å². The lowest BCUT2D eigenvalue weighted by atomic mass is 10.0. The average Bonchev–Trinajstić information content (AvgIpc) is 3.07. The molecule has 0 saturated heterocycles. The molecule has 0 N–H and O–H groups in total. The summed E-state index contributed by atoms with van der Waals surface area (Å²) in [6.07, 6.45) is 0.149. The normalized spacial score (nSPS) is 13.6. The van der Waals surface area contributed by atoms with Crippen LogP contribution in [0.15, 0.2) is 78.9 Å². The van der Waals surface area contributed by atoms with Crippen LogP contribution in [0.1, 0.15) is 26.3 Å². The van der Waals surface area contributed by atoms with Gasteiger partial charge in [0.15, 0.2) is 0 Å². The minimum absolute atomic E-state index is 0.0570. The Morgan fingerprint density at radius 3 is 2.06 bits per heavy atom. The van der Waals surface area contributed by atoms with Gasteiger partial charge in [-0.15, -0.1) is 0 Å². The number of nitrogens with zero attached hydrogens (tertiary/aromatic N) is 1. The van der Waals surface area contributed by atoms with Crippen LogP contribution in [0.2, 0.25) is 5.02 Å². The maximum absolute atomic E-state index is 13.0. The summed E-state index contributed by atoms with van der Waals surface area (Å²) in [5, 5.41) is 0.451. The van der Waals surface area contributed by atoms with E-state index in [2.05, 4.69) is 0 Å². The molecule has 0 bridgehead atoms. The molecule has 0 aromatic heterocycles. The van der Waals surface area contributed by atoms with Gasteiger partial charge in [0.25, 0.3) is 11.8 Å². The molecule has 1 heterocycles. The number of carbonyl (C=O) groups excluding carboxylic acids is 3. The van der Waals surface area contributed by atoms with E-state index < -0.39 is 23.8 Å². The van der Waals surface area contributed by atoms with Gasteiger partial charge >= 0.3 is 5.97 Å². The summed E-state index contributed by atoms with van der Waals surface area (Å²) in [6.45, 7) is 0.0220. The summed E-state index contributed by atoms with van der Waals surface area (Å²) in [5.41, 5.74) is 1.37. The number of imide groups is 1. The van der Waals surface area contributed by atoms with Crippen LogP contribution in [0.4, 0.5) is 0 Å². The predicted octanol–water partition coefficient (Wildman–Crippen LogP) is 4.17. The molecule has 0 aliphatic carbocycles. The van der Waals surface area contributed by atoms with Crippen molar-refractivity contribution in [3.63, 3.8) is 0 Å². The van der Waals surface area contributed by atoms with Crippen LogP contribution in [0.5, 0.6) is 5.75 Å². The van der Waals surface area contributed by atoms with Gasteiger partial charge in [-0.05, 0) is 29.8 Å². The van der Waals surface area contributed by atoms with E-state index in [9.17, 15) is 14.4 Å². The second kappa shape index (κ2) is 9.66. The molecule has 162 valence electrons. The van der Waals surface area contributed by atoms with E-state index in [-0.39, 0.29) is 30.8 Å². The number of rotatable bonds is 8. The number of fused-ring (bicyclic) bond motifs is 1. The second-order valence-corrected chi connectivity index (χ2v) is 7.58. The number of benzene rings is 3. The SMILES string of the molecule is O=C(OCCOc1ccccc1Cl)C(Cc1ccccc1)N1C(=O)c2ccccc2C1=O. The molecular weight excluding hydrogens is 430 g/mol. The quantitative estimate of drug-likeness (QED) is 0.293. The topological polar surface area (TPSA) is 72.9 Å². The van der Waals surface area contributed by atoms with Gasteiger partial charge in [0.05, 0.1) is 16.1 Å². The van der Waals surface area contributed by atoms with Crippen molar-refractivity contribution in [2.45, 2.75) is 12.5 Å². The highest BCUT2D eigenvalue weighted by molar-refractivity contribution is 6.32. The summed E-state index contributed by atoms with van der Waals surface area (Å²) in [6, 6.07) is 21.6. The minimum Gasteiger partial charge on any atom is -0.488 e. The van der Waals surface area contributed by atoms with Crippen molar-refractivity contribution in [3.8, 4) is 5.75 Å². The number of hydrogen-bond acceptors (Lipinski definition) is 5. The molecule has 7 heteroatoms. The monoisotopic (exact) mass is 449 g/mol. The Hall–Kier alpha value is -3.64. The molecule has 4 rings (SSSR count). The number of carbonyl (C=O) groups is 3. The maximum Gasteiger partial charge on any atom is 0.329 e. The Balaban J connectivity index is 1.48. The molecule has 0 spiro atoms. The number of hydrogen-bond donors (Lipinski definition) is 0. The lowest BCUT2D eigenvalue weighted by molar-refractivity contribution is -0.149. The minimum atomic E-state index is -1.09. The lowest BCUT2D eigenvalue weighted by Crippen LogP contribution is -2.47. The largest absolute Gasteiger partial charge is 0.488 e. The van der Waals surface area contributed by atoms with Gasteiger partial charge < -0.3 is 9.47 Å². The molecular formula is C25H20ClNO5. The smallest absolute Gasteiger partial charge is 0.329 e. The molecule has 3 aromatic carbocycles. The summed E-state index contributed by atoms with van der Waals surface area (Å²) >= 11 is 6.05. The van der Waals surface area contributed by atoms with E-state index in [1.54, 1.807) is 48.5 Å². The third-order valence-electron chi connectivity index (χ3n) is 5.10. The molecule has 32 heavy (non-hydrogen) atoms. The first-order chi connectivity index (χ1) is 15.6. The van der Waals surface area contributed by atoms with E-state index in [0.29, 0.717) is 10.8 Å². The highest BCUT2D eigenvalue weighted by Crippen LogP contribution is 2.27. The first-order valence-corrected chi connectivity index (χ1v) is 10.5. The molecule has 3 aromatic rings. The van der Waals surface area contributed by atoms with Gasteiger partial charge in [-0.2, -0.15) is 0 Å². The number of amides is 2. The standard InChI is InChI=1S/C25H20ClNO5/c26-20-12-6-7-13-22(20)31-14-15-32-25(30)21(16-17-8-2-1-3-9-17)27-23(28)18-10-4-5-11-19(18)24(27)29/h1-13,21H,14-16H2. The van der Waals surface area contributed by atoms with Crippen molar-refractivity contribution in [1.82, 2.24) is 4.90 Å². The summed E-state index contributed by atoms with van der Waals surface area (Å²) in [5.74, 6) is -1.20. The Bertz CT molecular complexity index is 1110. The van der Waals surface area contributed by atoms with Crippen LogP contribution < -0.4 is 4.74 Å². The van der Waals surface area contributed by atoms with Gasteiger partial charge in [0.2, 0.25) is 0 Å². The fourth-order valence-corrected chi connectivity index (χ4v) is 3.75. The van der Waals surface area contributed by atoms with Crippen molar-refractivity contribution in [1.29, 1.82) is 0 Å². The third kappa shape index (κ3) is 4.50. The molecule has 0 saturated carbocycles. The highest BCUT2D eigenvalue weighted by Gasteiger charge is 2.43. The van der Waals surface area contributed by atoms with Gasteiger partial charge in [-0.25, -0.2) is 4.79 Å². The van der Waals surface area contributed by atoms with Crippen LogP contribution in [0.25, 0.3) is 0 Å². The third-order valence-corrected chi connectivity index (χ3v) is 5.42. The van der Waals surface area contributed by atoms with Crippen LogP contribution in [0, 0.1) is 0 Å². The lowest BCUT2D eigenvalue weighted by Gasteiger charge is -2.24. The Morgan fingerprint density at radius 2 is 1.41 bits per heavy atom. The van der Waals surface area contributed by atoms with Crippen molar-refractivity contribution >= 4 is 29.4 Å². The van der Waals surface area contributed by atoms with Gasteiger partial charge in [-0.1, -0.05) is 66.2 Å². The fourth-order valence-electron chi connectivity index (χ4n) is 3.56. The Kier molecular flexibility index (Phi) is 6.52. The molecule has 1 aliphatic heterocycles. The summed E-state index contributed by atoms with van der Waals surface area (Å²) in [4.78, 5) is 39.9. The fraction of sp³-hybridized carbons (Fsp3) is 0.160. The predicted molar refractivity (Wildman–Crippen MR) is 119 cm³/mol. The van der Waals surface area contributed by atoms with Crippen molar-refractivity contribution in [3.05, 3.63) is 101 Å². The van der Waals surface area contributed by atoms with Gasteiger partial charge in [-0.3, -0.25) is 14.5 Å². The molecule has 1 atom stereocenters. The highest BCUT2D eigenvalue weighted by atomic mass is 35.5. The summed E-state index contributed by atoms with van der Waals surface area (Å²) in [7, 11) is 0. The maximum atomic E-state index is 13.0. The van der Waals surface area contributed by atoms with Crippen LogP contribution in [-0.2, 0) is 16.0 Å². The van der Waals surface area contributed by atoms with Crippen molar-refractivity contribution < 1.29 is 23.9 Å². The Morgan fingerprint density at radius 1 is 0.812 bits per heavy atom. The Labute approximate surface area is 190 Å². The zero-order valence-corrected chi connectivity index (χ0v) is 17.8. The number of esters is 1. The zero-order valence-electron chi connectivity index (χ0n) is 17.1. The first-order valence-electron chi connectivity index (χ1n) is 10.1. The molecule has 0 fully saturated rings. The summed E-state index contributed by atoms with van der Waals surface area (Å²) < 4.78 is 10.9. The average molecular weight is 450 g/mol. The molecule has 1 unspecified atom stereocenters. The molecule has 6 nitrogen and oxygen atoms in total.